The standard InChI is InChI=1S/C15H10O7.Ti/c16-6-1-2-8(9(18)3-6)15-14(21)13(20)12-10(19)4-7(17)5-11(12)22-15;/h1-5,16-19,21H;/p+2. The second-order valence-corrected chi connectivity index (χ2v) is 4.71. The van der Waals surface area contributed by atoms with Gasteiger partial charge in [0.1, 0.15) is 34.1 Å². The molecule has 0 amide bonds. The average molecular weight is 352 g/mol. The zero-order valence-electron chi connectivity index (χ0n) is 11.5. The van der Waals surface area contributed by atoms with E-state index < -0.39 is 16.9 Å². The fourth-order valence-corrected chi connectivity index (χ4v) is 2.20. The first kappa shape index (κ1) is 16.7. The van der Waals surface area contributed by atoms with Gasteiger partial charge in [-0.3, -0.25) is 4.79 Å². The minimum Gasteiger partial charge on any atom is -0.593 e. The molecule has 0 bridgehead atoms. The van der Waals surface area contributed by atoms with Crippen molar-refractivity contribution in [2.24, 2.45) is 0 Å². The second kappa shape index (κ2) is 5.87. The molecular formula is C15H12O7Ti+2. The molecule has 3 aromatic rings. The van der Waals surface area contributed by atoms with Crippen molar-refractivity contribution in [1.29, 1.82) is 0 Å². The third kappa shape index (κ3) is 2.72. The third-order valence-corrected chi connectivity index (χ3v) is 3.20. The van der Waals surface area contributed by atoms with Gasteiger partial charge in [-0.15, -0.1) is 0 Å². The van der Waals surface area contributed by atoms with Gasteiger partial charge in [0.2, 0.25) is 11.2 Å². The first-order chi connectivity index (χ1) is 10.4. The van der Waals surface area contributed by atoms with Crippen LogP contribution in [0.5, 0.6) is 28.7 Å². The van der Waals surface area contributed by atoms with Gasteiger partial charge in [-0.05, 0) is 6.07 Å². The number of benzene rings is 2. The molecule has 0 atom stereocenters. The molecule has 1 aromatic heterocycles. The van der Waals surface area contributed by atoms with Gasteiger partial charge in [0, 0.05) is 39.9 Å². The third-order valence-electron chi connectivity index (χ3n) is 3.20. The van der Waals surface area contributed by atoms with Crippen LogP contribution in [0.3, 0.4) is 0 Å². The number of aromatic hydroxyl groups is 3. The molecule has 0 aliphatic carbocycles. The van der Waals surface area contributed by atoms with Crippen LogP contribution in [0.4, 0.5) is 0 Å². The molecule has 8 heteroatoms. The molecule has 0 saturated heterocycles. The summed E-state index contributed by atoms with van der Waals surface area (Å²) in [5.41, 5.74) is -0.872. The first-order valence-corrected chi connectivity index (χ1v) is 6.18. The molecule has 7 N–H and O–H groups in total. The van der Waals surface area contributed by atoms with Crippen LogP contribution in [0.25, 0.3) is 22.3 Å². The molecule has 7 nitrogen and oxygen atoms in total. The van der Waals surface area contributed by atoms with E-state index in [-0.39, 0.29) is 61.3 Å². The van der Waals surface area contributed by atoms with Crippen LogP contribution in [0.15, 0.2) is 39.5 Å². The van der Waals surface area contributed by atoms with Crippen LogP contribution in [-0.2, 0) is 21.7 Å². The minimum atomic E-state index is -0.872. The number of rotatable bonds is 1. The van der Waals surface area contributed by atoms with Crippen molar-refractivity contribution >= 4 is 11.0 Å². The zero-order chi connectivity index (χ0) is 16.0. The minimum absolute atomic E-state index is 0. The quantitative estimate of drug-likeness (QED) is 0.450. The Bertz CT molecular complexity index is 962. The van der Waals surface area contributed by atoms with Gasteiger partial charge in [0.25, 0.3) is 11.5 Å². The van der Waals surface area contributed by atoms with Gasteiger partial charge in [0.15, 0.2) is 5.76 Å². The van der Waals surface area contributed by atoms with Gasteiger partial charge in [-0.2, -0.15) is 0 Å². The summed E-state index contributed by atoms with van der Waals surface area (Å²) < 4.78 is 5.39. The van der Waals surface area contributed by atoms with Crippen LogP contribution in [0, 0.1) is 0 Å². The monoisotopic (exact) mass is 352 g/mol. The Kier molecular flexibility index (Phi) is 4.27. The first-order valence-electron chi connectivity index (χ1n) is 6.18. The summed E-state index contributed by atoms with van der Waals surface area (Å²) in [6.07, 6.45) is 0. The average Bonchev–Trinajstić information content (AvgIpc) is 2.42. The van der Waals surface area contributed by atoms with E-state index in [1.807, 2.05) is 0 Å². The molecule has 0 aliphatic heterocycles. The van der Waals surface area contributed by atoms with Crippen LogP contribution in [-0.4, -0.2) is 25.5 Å². The van der Waals surface area contributed by atoms with E-state index in [1.54, 1.807) is 0 Å². The van der Waals surface area contributed by atoms with Crippen molar-refractivity contribution in [3.63, 3.8) is 0 Å². The SMILES string of the molecule is O=c1c(O)c(-c2ccc([OH2+])cc2[OH2+])oc2cc(O)cc(O)c12.[Ti]. The van der Waals surface area contributed by atoms with Crippen molar-refractivity contribution < 1.29 is 51.7 Å². The van der Waals surface area contributed by atoms with Crippen molar-refractivity contribution in [2.75, 3.05) is 0 Å². The van der Waals surface area contributed by atoms with Crippen LogP contribution in [0.1, 0.15) is 0 Å². The second-order valence-electron chi connectivity index (χ2n) is 4.71. The molecule has 1 heterocycles. The summed E-state index contributed by atoms with van der Waals surface area (Å²) in [4.78, 5) is 12.2. The Morgan fingerprint density at radius 2 is 1.70 bits per heavy atom. The number of phenolic OH excluding ortho intramolecular Hbond substituents is 2. The van der Waals surface area contributed by atoms with E-state index in [1.165, 1.54) is 18.2 Å². The summed E-state index contributed by atoms with van der Waals surface area (Å²) in [6, 6.07) is 6.08. The van der Waals surface area contributed by atoms with E-state index in [9.17, 15) is 20.1 Å². The number of phenols is 2. The van der Waals surface area contributed by atoms with E-state index in [0.29, 0.717) is 0 Å². The topological polar surface area (TPSA) is 137 Å². The summed E-state index contributed by atoms with van der Waals surface area (Å²) in [5.74, 6) is -1.83. The van der Waals surface area contributed by atoms with Crippen LogP contribution >= 0.6 is 0 Å². The molecule has 23 heavy (non-hydrogen) atoms. The number of fused-ring (bicyclic) bond motifs is 1. The maximum Gasteiger partial charge on any atom is 0.274 e. The fourth-order valence-electron chi connectivity index (χ4n) is 2.20. The Hall–Kier alpha value is -2.64. The zero-order valence-corrected chi connectivity index (χ0v) is 13.1. The molecule has 0 unspecified atom stereocenters. The van der Waals surface area contributed by atoms with Gasteiger partial charge in [0.05, 0.1) is 0 Å². The molecule has 3 rings (SSSR count). The summed E-state index contributed by atoms with van der Waals surface area (Å²) >= 11 is 0. The fraction of sp³-hybridized carbons (Fsp3) is 0. The van der Waals surface area contributed by atoms with Crippen LogP contribution in [0.2, 0.25) is 0 Å². The molecule has 0 spiro atoms. The van der Waals surface area contributed by atoms with Crippen molar-refractivity contribution in [1.82, 2.24) is 0 Å². The molecule has 116 valence electrons. The van der Waals surface area contributed by atoms with E-state index in [0.717, 1.165) is 12.1 Å². The van der Waals surface area contributed by atoms with Crippen molar-refractivity contribution in [2.45, 2.75) is 0 Å². The Labute approximate surface area is 143 Å². The molecular weight excluding hydrogens is 340 g/mol. The van der Waals surface area contributed by atoms with Gasteiger partial charge >= 0.3 is 0 Å². The predicted molar refractivity (Wildman–Crippen MR) is 79.0 cm³/mol. The van der Waals surface area contributed by atoms with E-state index in [2.05, 4.69) is 0 Å². The largest absolute Gasteiger partial charge is 0.593 e. The van der Waals surface area contributed by atoms with E-state index in [4.69, 9.17) is 14.6 Å². The Balaban J connectivity index is 0.00000192. The Morgan fingerprint density at radius 3 is 2.35 bits per heavy atom. The van der Waals surface area contributed by atoms with Crippen molar-refractivity contribution in [3.05, 3.63) is 40.6 Å². The molecule has 2 aromatic carbocycles. The molecule has 0 aliphatic rings. The van der Waals surface area contributed by atoms with Crippen LogP contribution < -0.4 is 5.43 Å². The normalized spacial score (nSPS) is 10.4. The van der Waals surface area contributed by atoms with Crippen molar-refractivity contribution in [3.8, 4) is 40.1 Å². The maximum atomic E-state index is 12.2. The summed E-state index contributed by atoms with van der Waals surface area (Å²) in [6.45, 7) is 0. The molecule has 0 fully saturated rings. The predicted octanol–water partition coefficient (Wildman–Crippen LogP) is 1.45. The smallest absolute Gasteiger partial charge is 0.274 e. The number of hydrogen-bond acceptors (Lipinski definition) is 5. The van der Waals surface area contributed by atoms with E-state index >= 15 is 0 Å². The summed E-state index contributed by atoms with van der Waals surface area (Å²) in [7, 11) is 0. The number of hydrogen-bond donors (Lipinski definition) is 3. The molecule has 0 saturated carbocycles. The van der Waals surface area contributed by atoms with Gasteiger partial charge in [-0.1, -0.05) is 0 Å². The Morgan fingerprint density at radius 1 is 1.00 bits per heavy atom. The molecule has 0 radical (unpaired) electrons. The van der Waals surface area contributed by atoms with Gasteiger partial charge in [-0.25, -0.2) is 0 Å². The summed E-state index contributed by atoms with van der Waals surface area (Å²) in [5, 5.41) is 44.2. The van der Waals surface area contributed by atoms with Gasteiger partial charge < -0.3 is 29.9 Å². The maximum absolute atomic E-state index is 12.2.